The number of carbonyl (C=O) groups excluding carboxylic acids is 1. The summed E-state index contributed by atoms with van der Waals surface area (Å²) in [6.07, 6.45) is 2.45. The summed E-state index contributed by atoms with van der Waals surface area (Å²) in [6.45, 7) is 1.20. The van der Waals surface area contributed by atoms with Gasteiger partial charge in [-0.3, -0.25) is 4.79 Å². The molecule has 1 heterocycles. The third kappa shape index (κ3) is 4.33. The summed E-state index contributed by atoms with van der Waals surface area (Å²) in [5.74, 6) is -0.0757. The Labute approximate surface area is 113 Å². The third-order valence-electron chi connectivity index (χ3n) is 3.42. The van der Waals surface area contributed by atoms with E-state index in [1.165, 1.54) is 0 Å². The topological polar surface area (TPSA) is 58.6 Å². The second-order valence-electron chi connectivity index (χ2n) is 4.99. The number of rotatable bonds is 5. The maximum Gasteiger partial charge on any atom is 0.225 e. The Balaban J connectivity index is 1.86. The number of carbonyl (C=O) groups is 1. The first kappa shape index (κ1) is 14.0. The first-order valence-electron chi connectivity index (χ1n) is 6.82. The first-order chi connectivity index (χ1) is 9.29. The van der Waals surface area contributed by atoms with Gasteiger partial charge in [-0.15, -0.1) is 0 Å². The van der Waals surface area contributed by atoms with E-state index in [-0.39, 0.29) is 24.5 Å². The molecule has 0 spiro atoms. The van der Waals surface area contributed by atoms with Crippen LogP contribution >= 0.6 is 0 Å². The molecule has 0 aliphatic carbocycles. The molecule has 4 nitrogen and oxygen atoms in total. The van der Waals surface area contributed by atoms with Crippen molar-refractivity contribution in [3.05, 3.63) is 35.9 Å². The van der Waals surface area contributed by atoms with E-state index in [0.29, 0.717) is 13.0 Å². The van der Waals surface area contributed by atoms with Gasteiger partial charge in [0.25, 0.3) is 0 Å². The number of ether oxygens (including phenoxy) is 1. The fourth-order valence-electron chi connectivity index (χ4n) is 2.33. The highest BCUT2D eigenvalue weighted by atomic mass is 16.5. The van der Waals surface area contributed by atoms with Gasteiger partial charge >= 0.3 is 0 Å². The minimum absolute atomic E-state index is 0.00492. The molecule has 1 amide bonds. The van der Waals surface area contributed by atoms with Crippen LogP contribution in [0, 0.1) is 5.92 Å². The molecule has 1 aromatic rings. The van der Waals surface area contributed by atoms with Gasteiger partial charge in [0.05, 0.1) is 25.2 Å². The zero-order valence-corrected chi connectivity index (χ0v) is 11.0. The standard InChI is InChI=1S/C15H21NO3/c17-10-14(9-12-5-2-1-3-6-12)16-15(18)13-7-4-8-19-11-13/h1-3,5-6,13-14,17H,4,7-11H2,(H,16,18)/t13?,14-/m1/s1. The maximum absolute atomic E-state index is 12.1. The van der Waals surface area contributed by atoms with E-state index >= 15 is 0 Å². The summed E-state index contributed by atoms with van der Waals surface area (Å²) in [6, 6.07) is 9.64. The highest BCUT2D eigenvalue weighted by Crippen LogP contribution is 2.14. The molecule has 19 heavy (non-hydrogen) atoms. The van der Waals surface area contributed by atoms with Crippen LogP contribution in [0.15, 0.2) is 30.3 Å². The average molecular weight is 263 g/mol. The van der Waals surface area contributed by atoms with Gasteiger partial charge in [-0.1, -0.05) is 30.3 Å². The van der Waals surface area contributed by atoms with Crippen LogP contribution in [0.1, 0.15) is 18.4 Å². The van der Waals surface area contributed by atoms with Crippen LogP contribution in [0.3, 0.4) is 0 Å². The molecule has 2 rings (SSSR count). The Morgan fingerprint density at radius 3 is 2.84 bits per heavy atom. The molecule has 4 heteroatoms. The number of nitrogens with one attached hydrogen (secondary N) is 1. The molecule has 104 valence electrons. The molecule has 0 saturated carbocycles. The molecule has 1 unspecified atom stereocenters. The Morgan fingerprint density at radius 2 is 2.21 bits per heavy atom. The van der Waals surface area contributed by atoms with Crippen LogP contribution in [-0.2, 0) is 16.0 Å². The average Bonchev–Trinajstić information content (AvgIpc) is 2.48. The fraction of sp³-hybridized carbons (Fsp3) is 0.533. The number of hydrogen-bond donors (Lipinski definition) is 2. The molecular formula is C15H21NO3. The van der Waals surface area contributed by atoms with E-state index in [1.807, 2.05) is 30.3 Å². The molecule has 1 aliphatic rings. The van der Waals surface area contributed by atoms with Gasteiger partial charge in [-0.25, -0.2) is 0 Å². The van der Waals surface area contributed by atoms with Crippen LogP contribution in [-0.4, -0.2) is 36.9 Å². The van der Waals surface area contributed by atoms with Crippen molar-refractivity contribution in [2.45, 2.75) is 25.3 Å². The zero-order valence-electron chi connectivity index (χ0n) is 11.0. The molecule has 1 aliphatic heterocycles. The fourth-order valence-corrected chi connectivity index (χ4v) is 2.33. The second-order valence-corrected chi connectivity index (χ2v) is 4.99. The maximum atomic E-state index is 12.1. The van der Waals surface area contributed by atoms with Crippen molar-refractivity contribution in [1.29, 1.82) is 0 Å². The summed E-state index contributed by atoms with van der Waals surface area (Å²) in [5.41, 5.74) is 1.11. The van der Waals surface area contributed by atoms with Gasteiger partial charge < -0.3 is 15.2 Å². The van der Waals surface area contributed by atoms with Crippen molar-refractivity contribution < 1.29 is 14.6 Å². The molecule has 1 aromatic carbocycles. The molecule has 2 atom stereocenters. The summed E-state index contributed by atoms with van der Waals surface area (Å²) in [5, 5.41) is 12.3. The van der Waals surface area contributed by atoms with Gasteiger partial charge in [-0.2, -0.15) is 0 Å². The Morgan fingerprint density at radius 1 is 1.42 bits per heavy atom. The van der Waals surface area contributed by atoms with Gasteiger partial charge in [0.15, 0.2) is 0 Å². The van der Waals surface area contributed by atoms with Crippen molar-refractivity contribution in [2.75, 3.05) is 19.8 Å². The third-order valence-corrected chi connectivity index (χ3v) is 3.42. The van der Waals surface area contributed by atoms with Crippen molar-refractivity contribution in [2.24, 2.45) is 5.92 Å². The van der Waals surface area contributed by atoms with Crippen LogP contribution < -0.4 is 5.32 Å². The molecule has 1 saturated heterocycles. The lowest BCUT2D eigenvalue weighted by Gasteiger charge is -2.24. The smallest absolute Gasteiger partial charge is 0.225 e. The molecule has 0 radical (unpaired) electrons. The number of benzene rings is 1. The molecule has 0 bridgehead atoms. The van der Waals surface area contributed by atoms with Gasteiger partial charge in [-0.05, 0) is 24.8 Å². The summed E-state index contributed by atoms with van der Waals surface area (Å²) < 4.78 is 5.31. The van der Waals surface area contributed by atoms with Crippen molar-refractivity contribution in [3.63, 3.8) is 0 Å². The van der Waals surface area contributed by atoms with E-state index < -0.39 is 0 Å². The summed E-state index contributed by atoms with van der Waals surface area (Å²) in [7, 11) is 0. The predicted octanol–water partition coefficient (Wildman–Crippen LogP) is 1.13. The second kappa shape index (κ2) is 7.26. The van der Waals surface area contributed by atoms with Crippen molar-refractivity contribution in [3.8, 4) is 0 Å². The van der Waals surface area contributed by atoms with Gasteiger partial charge in [0.2, 0.25) is 5.91 Å². The lowest BCUT2D eigenvalue weighted by molar-refractivity contribution is -0.130. The molecular weight excluding hydrogens is 242 g/mol. The Kier molecular flexibility index (Phi) is 5.36. The lowest BCUT2D eigenvalue weighted by Crippen LogP contribution is -2.44. The van der Waals surface area contributed by atoms with Crippen LogP contribution in [0.5, 0.6) is 0 Å². The molecule has 0 aromatic heterocycles. The van der Waals surface area contributed by atoms with Crippen molar-refractivity contribution in [1.82, 2.24) is 5.32 Å². The van der Waals surface area contributed by atoms with Crippen LogP contribution in [0.4, 0.5) is 0 Å². The van der Waals surface area contributed by atoms with Crippen molar-refractivity contribution >= 4 is 5.91 Å². The number of hydrogen-bond acceptors (Lipinski definition) is 3. The SMILES string of the molecule is O=C(N[C@@H](CO)Cc1ccccc1)C1CCCOC1. The van der Waals surface area contributed by atoms with Crippen LogP contribution in [0.2, 0.25) is 0 Å². The van der Waals surface area contributed by atoms with E-state index in [4.69, 9.17) is 4.74 Å². The Bertz CT molecular complexity index is 388. The monoisotopic (exact) mass is 263 g/mol. The molecule has 2 N–H and O–H groups in total. The summed E-state index contributed by atoms with van der Waals surface area (Å²) >= 11 is 0. The number of aliphatic hydroxyl groups excluding tert-OH is 1. The largest absolute Gasteiger partial charge is 0.394 e. The van der Waals surface area contributed by atoms with E-state index in [1.54, 1.807) is 0 Å². The number of amides is 1. The van der Waals surface area contributed by atoms with Gasteiger partial charge in [0, 0.05) is 6.61 Å². The Hall–Kier alpha value is -1.39. The van der Waals surface area contributed by atoms with E-state index in [9.17, 15) is 9.90 Å². The minimum atomic E-state index is -0.225. The lowest BCUT2D eigenvalue weighted by atomic mass is 10.00. The van der Waals surface area contributed by atoms with E-state index in [2.05, 4.69) is 5.32 Å². The highest BCUT2D eigenvalue weighted by molar-refractivity contribution is 5.79. The zero-order chi connectivity index (χ0) is 13.5. The van der Waals surface area contributed by atoms with E-state index in [0.717, 1.165) is 25.0 Å². The van der Waals surface area contributed by atoms with Gasteiger partial charge in [0.1, 0.15) is 0 Å². The first-order valence-corrected chi connectivity index (χ1v) is 6.82. The summed E-state index contributed by atoms with van der Waals surface area (Å²) in [4.78, 5) is 12.1. The van der Waals surface area contributed by atoms with Crippen LogP contribution in [0.25, 0.3) is 0 Å². The minimum Gasteiger partial charge on any atom is -0.394 e. The highest BCUT2D eigenvalue weighted by Gasteiger charge is 2.23. The number of aliphatic hydroxyl groups is 1. The normalized spacial score (nSPS) is 20.8. The predicted molar refractivity (Wildman–Crippen MR) is 72.7 cm³/mol. The quantitative estimate of drug-likeness (QED) is 0.837. The molecule has 1 fully saturated rings.